The summed E-state index contributed by atoms with van der Waals surface area (Å²) >= 11 is 0. The van der Waals surface area contributed by atoms with Crippen LogP contribution in [-0.2, 0) is 47.9 Å². The van der Waals surface area contributed by atoms with Crippen LogP contribution in [0.2, 0.25) is 0 Å². The first-order valence-electron chi connectivity index (χ1n) is 31.8. The van der Waals surface area contributed by atoms with Crippen LogP contribution in [0.4, 0.5) is 0 Å². The lowest BCUT2D eigenvalue weighted by Crippen LogP contribution is -2.63. The molecular weight excluding hydrogens is 1090 g/mol. The minimum atomic E-state index is -1.56. The van der Waals surface area contributed by atoms with Crippen LogP contribution in [0.15, 0.2) is 24.4 Å². The van der Waals surface area contributed by atoms with Crippen LogP contribution in [0.25, 0.3) is 0 Å². The van der Waals surface area contributed by atoms with Gasteiger partial charge in [0.2, 0.25) is 47.3 Å². The zero-order valence-electron chi connectivity index (χ0n) is 57.5. The van der Waals surface area contributed by atoms with Gasteiger partial charge in [-0.1, -0.05) is 136 Å². The number of amides is 8. The second-order valence-corrected chi connectivity index (χ2v) is 27.1. The van der Waals surface area contributed by atoms with E-state index in [9.17, 15) is 43.5 Å². The van der Waals surface area contributed by atoms with Crippen molar-refractivity contribution in [3.8, 4) is 0 Å². The van der Waals surface area contributed by atoms with E-state index < -0.39 is 149 Å². The molecule has 0 aliphatic carbocycles. The average molecular weight is 1210 g/mol. The molecule has 0 spiro atoms. The lowest BCUT2D eigenvalue weighted by molar-refractivity contribution is -0.157. The number of aliphatic hydroxyl groups excluding tert-OH is 1. The van der Waals surface area contributed by atoms with Crippen molar-refractivity contribution < 1.29 is 53.1 Å². The Kier molecular flexibility index (Phi) is 32.2. The van der Waals surface area contributed by atoms with E-state index in [1.165, 1.54) is 68.7 Å². The smallest absolute Gasteiger partial charge is 0.246 e. The number of rotatable bonds is 15. The number of aliphatic hydroxyl groups is 1. The molecule has 86 heavy (non-hydrogen) atoms. The predicted molar refractivity (Wildman–Crippen MR) is 339 cm³/mol. The van der Waals surface area contributed by atoms with Gasteiger partial charge in [-0.15, -0.1) is 0 Å². The average Bonchev–Trinajstić information content (AvgIpc) is 3.04. The number of carbonyl (C=O) groups is 10. The number of hydrogen-bond acceptors (Lipinski definition) is 12. The third-order valence-electron chi connectivity index (χ3n) is 17.6. The first-order valence-corrected chi connectivity index (χ1v) is 31.8. The van der Waals surface area contributed by atoms with Crippen molar-refractivity contribution >= 4 is 58.8 Å². The molecule has 0 aromatic carbocycles. The number of allylic oxidation sites excluding steroid dienone is 3. The van der Waals surface area contributed by atoms with Crippen molar-refractivity contribution in [1.29, 1.82) is 0 Å². The van der Waals surface area contributed by atoms with E-state index in [1.807, 2.05) is 95.2 Å². The van der Waals surface area contributed by atoms with Gasteiger partial charge < -0.3 is 50.9 Å². The highest BCUT2D eigenvalue weighted by atomic mass is 16.3. The van der Waals surface area contributed by atoms with Crippen molar-refractivity contribution in [2.24, 2.45) is 65.1 Å². The van der Waals surface area contributed by atoms with E-state index in [0.717, 1.165) is 4.90 Å². The number of likely N-dealkylation sites (N-methyl/N-ethyl adjacent to an activating group) is 5. The summed E-state index contributed by atoms with van der Waals surface area (Å²) in [5, 5.41) is 23.9. The normalized spacial score (nSPS) is 29.3. The van der Waals surface area contributed by atoms with Gasteiger partial charge in [-0.2, -0.15) is 0 Å². The maximum absolute atomic E-state index is 15.2. The molecule has 1 fully saturated rings. The molecule has 5 N–H and O–H groups in total. The van der Waals surface area contributed by atoms with Gasteiger partial charge in [0, 0.05) is 64.6 Å². The summed E-state index contributed by atoms with van der Waals surface area (Å²) < 4.78 is 0. The summed E-state index contributed by atoms with van der Waals surface area (Å²) in [4.78, 5) is 154. The van der Waals surface area contributed by atoms with Crippen molar-refractivity contribution in [3.05, 3.63) is 24.4 Å². The van der Waals surface area contributed by atoms with Crippen LogP contribution >= 0.6 is 0 Å². The molecule has 2 unspecified atom stereocenters. The van der Waals surface area contributed by atoms with Gasteiger partial charge in [-0.3, -0.25) is 47.9 Å². The van der Waals surface area contributed by atoms with E-state index >= 15 is 9.59 Å². The summed E-state index contributed by atoms with van der Waals surface area (Å²) in [6.45, 7) is 40.4. The molecule has 492 valence electrons. The fourth-order valence-corrected chi connectivity index (χ4v) is 11.9. The molecule has 1 saturated heterocycles. The zero-order chi connectivity index (χ0) is 66.8. The SMILES string of the molecule is C=C1N[C@@H](C(C)C)C(=O)N(C)[C@@H](CC(C)C)C(=O)N[C@@H](C)C(=O)N[C@H](C)C(=O)N(C)[C@@H](CC(C)C)C(=O)N(C)[C@@H](CC(C)C)C(=O)N(C)[C@@H](C(C)C)C(=O)N(C)[C@@H]([C@H](O)[C@H](C)C/C=C/C)C(=O)N[C@@H](CC)C(=O)C(C)[C@H](C)C(=O)C(CC)[C@H]1C(C)C. The van der Waals surface area contributed by atoms with Gasteiger partial charge in [-0.05, 0) is 101 Å². The second-order valence-electron chi connectivity index (χ2n) is 27.1. The number of nitrogens with one attached hydrogen (secondary N) is 4. The molecule has 0 aromatic rings. The van der Waals surface area contributed by atoms with Gasteiger partial charge in [0.05, 0.1) is 12.1 Å². The number of Topliss-reactive ketones (excluding diaryl/α,β-unsaturated/α-hetero) is 2. The quantitative estimate of drug-likeness (QED) is 0.108. The summed E-state index contributed by atoms with van der Waals surface area (Å²) in [6, 6.07) is -10.5. The van der Waals surface area contributed by atoms with Crippen molar-refractivity contribution in [2.75, 3.05) is 35.2 Å². The Balaban J connectivity index is 4.39. The molecule has 0 aromatic heterocycles. The first-order chi connectivity index (χ1) is 39.7. The summed E-state index contributed by atoms with van der Waals surface area (Å²) in [5.74, 6) is -10.6. The highest BCUT2D eigenvalue weighted by Crippen LogP contribution is 2.35. The third-order valence-corrected chi connectivity index (χ3v) is 17.6. The minimum Gasteiger partial charge on any atom is -0.390 e. The Labute approximate surface area is 517 Å². The highest BCUT2D eigenvalue weighted by molar-refractivity contribution is 5.99. The summed E-state index contributed by atoms with van der Waals surface area (Å²) in [7, 11) is 7.33. The van der Waals surface area contributed by atoms with Gasteiger partial charge in [-0.25, -0.2) is 0 Å². The Morgan fingerprint density at radius 2 is 0.930 bits per heavy atom. The maximum Gasteiger partial charge on any atom is 0.246 e. The number of carbonyl (C=O) groups excluding carboxylic acids is 10. The highest BCUT2D eigenvalue weighted by Gasteiger charge is 2.46. The Morgan fingerprint density at radius 3 is 1.37 bits per heavy atom. The van der Waals surface area contributed by atoms with Crippen LogP contribution in [-0.4, -0.2) is 184 Å². The Bertz CT molecular complexity index is 2350. The number of nitrogens with zero attached hydrogens (tertiary/aromatic N) is 5. The summed E-state index contributed by atoms with van der Waals surface area (Å²) in [6.07, 6.45) is 3.56. The van der Waals surface area contributed by atoms with Crippen LogP contribution in [0.1, 0.15) is 177 Å². The fraction of sp³-hybridized carbons (Fsp3) is 0.788. The van der Waals surface area contributed by atoms with Gasteiger partial charge in [0.15, 0.2) is 5.78 Å². The lowest BCUT2D eigenvalue weighted by Gasteiger charge is -2.41. The molecule has 0 bridgehead atoms. The van der Waals surface area contributed by atoms with Crippen molar-refractivity contribution in [1.82, 2.24) is 45.8 Å². The third kappa shape index (κ3) is 20.7. The van der Waals surface area contributed by atoms with Crippen molar-refractivity contribution in [3.63, 3.8) is 0 Å². The maximum atomic E-state index is 15.2. The zero-order valence-corrected chi connectivity index (χ0v) is 57.5. The topological polar surface area (TPSA) is 255 Å². The largest absolute Gasteiger partial charge is 0.390 e. The number of hydrogen-bond donors (Lipinski definition) is 5. The van der Waals surface area contributed by atoms with Crippen LogP contribution < -0.4 is 21.3 Å². The predicted octanol–water partition coefficient (Wildman–Crippen LogP) is 6.63. The van der Waals surface area contributed by atoms with Gasteiger partial charge >= 0.3 is 0 Å². The molecule has 1 aliphatic rings. The Morgan fingerprint density at radius 1 is 0.488 bits per heavy atom. The van der Waals surface area contributed by atoms with E-state index in [-0.39, 0.29) is 61.1 Å². The van der Waals surface area contributed by atoms with Gasteiger partial charge in [0.1, 0.15) is 54.1 Å². The van der Waals surface area contributed by atoms with E-state index in [1.54, 1.807) is 41.5 Å². The van der Waals surface area contributed by atoms with E-state index in [2.05, 4.69) is 27.8 Å². The lowest BCUT2D eigenvalue weighted by atomic mass is 9.71. The molecule has 15 atom stereocenters. The molecule has 0 saturated carbocycles. The second kappa shape index (κ2) is 35.4. The van der Waals surface area contributed by atoms with Crippen LogP contribution in [0.5, 0.6) is 0 Å². The Hall–Kier alpha value is -5.66. The molecular formula is C66H117N9O11. The molecule has 8 amide bonds. The van der Waals surface area contributed by atoms with Crippen LogP contribution in [0, 0.1) is 65.1 Å². The van der Waals surface area contributed by atoms with Gasteiger partial charge in [0.25, 0.3) is 0 Å². The first kappa shape index (κ1) is 78.4. The van der Waals surface area contributed by atoms with Crippen molar-refractivity contribution in [2.45, 2.75) is 237 Å². The van der Waals surface area contributed by atoms with Crippen LogP contribution in [0.3, 0.4) is 0 Å². The molecule has 1 aliphatic heterocycles. The number of ketones is 2. The molecule has 1 rings (SSSR count). The summed E-state index contributed by atoms with van der Waals surface area (Å²) in [5.41, 5.74) is 0.432. The molecule has 20 nitrogen and oxygen atoms in total. The van der Waals surface area contributed by atoms with E-state index in [0.29, 0.717) is 18.5 Å². The minimum absolute atomic E-state index is 0.0725. The standard InChI is InChI=1S/C66H117N9O11/c1-27-30-31-41(16)56(76)55-61(81)70-48(29-3)58(78)43(18)42(17)57(77)47(28-2)52(38(10)11)44(19)67-53(39(12)13)65(85)71(22)49(32-35(4)5)60(80)68-45(20)59(79)69-46(21)62(82)72(23)50(33-36(6)7)63(83)73(24)51(34-37(8)9)64(84)74(25)54(40(14)15)66(86)75(55)26/h27,30,35-43,45-56,67,76H,19,28-29,31-34H2,1-18,20-26H3,(H,68,80)(H,69,79)(H,70,81)/b30-27+/t41-,42+,43?,45+,46-,47?,48+,49+,50+,51+,52+,53+,54+,55+,56-/m1/s1. The monoisotopic (exact) mass is 1210 g/mol. The molecule has 0 radical (unpaired) electrons. The molecule has 1 heterocycles. The van der Waals surface area contributed by atoms with E-state index in [4.69, 9.17) is 0 Å². The fourth-order valence-electron chi connectivity index (χ4n) is 11.9. The molecule has 20 heteroatoms.